The summed E-state index contributed by atoms with van der Waals surface area (Å²) in [5.41, 5.74) is 2.76. The third-order valence-corrected chi connectivity index (χ3v) is 3.34. The second-order valence-corrected chi connectivity index (χ2v) is 4.49. The minimum absolute atomic E-state index is 0.567. The first-order valence-electron chi connectivity index (χ1n) is 5.88. The van der Waals surface area contributed by atoms with Gasteiger partial charge in [-0.05, 0) is 43.9 Å². The maximum absolute atomic E-state index is 4.68. The van der Waals surface area contributed by atoms with Crippen LogP contribution in [0.2, 0.25) is 0 Å². The Morgan fingerprint density at radius 2 is 2.33 bits per heavy atom. The molecule has 3 rings (SSSR count). The molecule has 2 heterocycles. The number of nitrogens with zero attached hydrogens (tertiary/aromatic N) is 1. The van der Waals surface area contributed by atoms with Crippen molar-refractivity contribution >= 4 is 5.82 Å². The fraction of sp³-hybridized carbons (Fsp3) is 0.583. The van der Waals surface area contributed by atoms with E-state index in [2.05, 4.69) is 27.8 Å². The van der Waals surface area contributed by atoms with E-state index in [0.717, 1.165) is 25.3 Å². The predicted octanol–water partition coefficient (Wildman–Crippen LogP) is 1.34. The molecule has 0 spiro atoms. The van der Waals surface area contributed by atoms with Crippen LogP contribution in [0.5, 0.6) is 0 Å². The molecule has 1 aliphatic heterocycles. The highest BCUT2D eigenvalue weighted by Gasteiger charge is 2.16. The summed E-state index contributed by atoms with van der Waals surface area (Å²) in [4.78, 5) is 4.68. The Morgan fingerprint density at radius 1 is 1.33 bits per heavy atom. The van der Waals surface area contributed by atoms with E-state index in [1.807, 2.05) is 0 Å². The van der Waals surface area contributed by atoms with Gasteiger partial charge in [0.1, 0.15) is 5.82 Å². The van der Waals surface area contributed by atoms with Gasteiger partial charge in [-0.15, -0.1) is 0 Å². The van der Waals surface area contributed by atoms with E-state index in [-0.39, 0.29) is 0 Å². The molecule has 1 aromatic heterocycles. The van der Waals surface area contributed by atoms with Crippen LogP contribution >= 0.6 is 0 Å². The van der Waals surface area contributed by atoms with Gasteiger partial charge in [-0.1, -0.05) is 6.07 Å². The number of anilines is 1. The third-order valence-electron chi connectivity index (χ3n) is 3.34. The van der Waals surface area contributed by atoms with E-state index in [4.69, 9.17) is 0 Å². The molecule has 80 valence electrons. The molecule has 0 amide bonds. The third kappa shape index (κ3) is 1.84. The van der Waals surface area contributed by atoms with Gasteiger partial charge in [0.25, 0.3) is 0 Å². The van der Waals surface area contributed by atoms with Crippen molar-refractivity contribution in [3.63, 3.8) is 0 Å². The highest BCUT2D eigenvalue weighted by Crippen LogP contribution is 2.22. The Kier molecular flexibility index (Phi) is 2.33. The lowest BCUT2D eigenvalue weighted by molar-refractivity contribution is 0.786. The minimum atomic E-state index is 0.567. The largest absolute Gasteiger partial charge is 0.366 e. The summed E-state index contributed by atoms with van der Waals surface area (Å²) in [5, 5.41) is 6.85. The molecular weight excluding hydrogens is 186 g/mol. The Labute approximate surface area is 90.3 Å². The van der Waals surface area contributed by atoms with Crippen LogP contribution < -0.4 is 10.6 Å². The molecule has 1 atom stereocenters. The first-order valence-corrected chi connectivity index (χ1v) is 5.88. The number of pyridine rings is 1. The normalized spacial score (nSPS) is 24.1. The molecule has 0 radical (unpaired) electrons. The molecule has 1 aliphatic carbocycles. The standard InChI is InChI=1S/C12H17N3/c1-2-9-4-5-12(15-11(9)3-1)14-10-6-7-13-8-10/h4-5,10,13H,1-3,6-8H2,(H,14,15). The summed E-state index contributed by atoms with van der Waals surface area (Å²) in [6, 6.07) is 4.93. The topological polar surface area (TPSA) is 37.0 Å². The van der Waals surface area contributed by atoms with Gasteiger partial charge in [-0.25, -0.2) is 4.98 Å². The summed E-state index contributed by atoms with van der Waals surface area (Å²) in [6.07, 6.45) is 4.86. The van der Waals surface area contributed by atoms with Crippen molar-refractivity contribution in [3.8, 4) is 0 Å². The van der Waals surface area contributed by atoms with Gasteiger partial charge in [-0.2, -0.15) is 0 Å². The van der Waals surface area contributed by atoms with Crippen molar-refractivity contribution in [2.75, 3.05) is 18.4 Å². The molecule has 15 heavy (non-hydrogen) atoms. The number of fused-ring (bicyclic) bond motifs is 1. The SMILES string of the molecule is c1cc2c(nc1NC1CCNC1)CCC2. The number of hydrogen-bond donors (Lipinski definition) is 2. The molecule has 0 aromatic carbocycles. The van der Waals surface area contributed by atoms with Crippen LogP contribution in [0.3, 0.4) is 0 Å². The number of rotatable bonds is 2. The Balaban J connectivity index is 1.75. The van der Waals surface area contributed by atoms with Crippen molar-refractivity contribution in [1.82, 2.24) is 10.3 Å². The van der Waals surface area contributed by atoms with E-state index < -0.39 is 0 Å². The zero-order valence-corrected chi connectivity index (χ0v) is 8.92. The molecule has 3 nitrogen and oxygen atoms in total. The van der Waals surface area contributed by atoms with Gasteiger partial charge in [0.15, 0.2) is 0 Å². The van der Waals surface area contributed by atoms with Gasteiger partial charge < -0.3 is 10.6 Å². The van der Waals surface area contributed by atoms with Crippen molar-refractivity contribution in [1.29, 1.82) is 0 Å². The Morgan fingerprint density at radius 3 is 3.20 bits per heavy atom. The van der Waals surface area contributed by atoms with Gasteiger partial charge in [0.05, 0.1) is 0 Å². The van der Waals surface area contributed by atoms with Crippen molar-refractivity contribution < 1.29 is 0 Å². The van der Waals surface area contributed by atoms with Gasteiger partial charge in [0.2, 0.25) is 0 Å². The summed E-state index contributed by atoms with van der Waals surface area (Å²) < 4.78 is 0. The lowest BCUT2D eigenvalue weighted by Crippen LogP contribution is -2.22. The van der Waals surface area contributed by atoms with Crippen LogP contribution in [0.15, 0.2) is 12.1 Å². The second-order valence-electron chi connectivity index (χ2n) is 4.49. The van der Waals surface area contributed by atoms with Crippen molar-refractivity contribution in [2.45, 2.75) is 31.7 Å². The van der Waals surface area contributed by atoms with Crippen LogP contribution in [0.4, 0.5) is 5.82 Å². The first kappa shape index (κ1) is 9.16. The van der Waals surface area contributed by atoms with E-state index in [1.165, 1.54) is 30.5 Å². The summed E-state index contributed by atoms with van der Waals surface area (Å²) in [7, 11) is 0. The fourth-order valence-electron chi connectivity index (χ4n) is 2.49. The van der Waals surface area contributed by atoms with Crippen LogP contribution in [0, 0.1) is 0 Å². The van der Waals surface area contributed by atoms with Crippen molar-refractivity contribution in [3.05, 3.63) is 23.4 Å². The van der Waals surface area contributed by atoms with Gasteiger partial charge in [0, 0.05) is 18.3 Å². The first-order chi connectivity index (χ1) is 7.42. The highest BCUT2D eigenvalue weighted by atomic mass is 15.1. The van der Waals surface area contributed by atoms with Crippen LogP contribution in [0.1, 0.15) is 24.1 Å². The van der Waals surface area contributed by atoms with Crippen molar-refractivity contribution in [2.24, 2.45) is 0 Å². The molecule has 1 aromatic rings. The summed E-state index contributed by atoms with van der Waals surface area (Å²) >= 11 is 0. The van der Waals surface area contributed by atoms with Crippen LogP contribution in [-0.4, -0.2) is 24.1 Å². The highest BCUT2D eigenvalue weighted by molar-refractivity contribution is 5.41. The average Bonchev–Trinajstić information content (AvgIpc) is 2.87. The molecule has 3 heteroatoms. The quantitative estimate of drug-likeness (QED) is 0.761. The molecule has 2 N–H and O–H groups in total. The Bertz CT molecular complexity index is 356. The lowest BCUT2D eigenvalue weighted by Gasteiger charge is -2.12. The number of aryl methyl sites for hydroxylation is 2. The van der Waals surface area contributed by atoms with Gasteiger partial charge in [-0.3, -0.25) is 0 Å². The van der Waals surface area contributed by atoms with E-state index in [9.17, 15) is 0 Å². The molecule has 2 aliphatic rings. The van der Waals surface area contributed by atoms with E-state index in [1.54, 1.807) is 0 Å². The zero-order chi connectivity index (χ0) is 10.1. The second kappa shape index (κ2) is 3.81. The minimum Gasteiger partial charge on any atom is -0.366 e. The van der Waals surface area contributed by atoms with Crippen LogP contribution in [-0.2, 0) is 12.8 Å². The average molecular weight is 203 g/mol. The number of aromatic nitrogens is 1. The number of hydrogen-bond acceptors (Lipinski definition) is 3. The molecule has 0 bridgehead atoms. The lowest BCUT2D eigenvalue weighted by atomic mass is 10.2. The van der Waals surface area contributed by atoms with Gasteiger partial charge >= 0.3 is 0 Å². The molecule has 0 saturated carbocycles. The maximum Gasteiger partial charge on any atom is 0.126 e. The molecular formula is C12H17N3. The maximum atomic E-state index is 4.68. The summed E-state index contributed by atoms with van der Waals surface area (Å²) in [6.45, 7) is 2.20. The summed E-state index contributed by atoms with van der Waals surface area (Å²) in [5.74, 6) is 1.06. The fourth-order valence-corrected chi connectivity index (χ4v) is 2.49. The molecule has 1 saturated heterocycles. The number of nitrogens with one attached hydrogen (secondary N) is 2. The van der Waals surface area contributed by atoms with E-state index in [0.29, 0.717) is 6.04 Å². The zero-order valence-electron chi connectivity index (χ0n) is 8.92. The molecule has 1 unspecified atom stereocenters. The van der Waals surface area contributed by atoms with E-state index >= 15 is 0 Å². The molecule has 1 fully saturated rings. The van der Waals surface area contributed by atoms with Crippen LogP contribution in [0.25, 0.3) is 0 Å². The smallest absolute Gasteiger partial charge is 0.126 e. The predicted molar refractivity (Wildman–Crippen MR) is 61.2 cm³/mol. The monoisotopic (exact) mass is 203 g/mol. The Hall–Kier alpha value is -1.09.